The van der Waals surface area contributed by atoms with Crippen LogP contribution in [0.15, 0.2) is 65.3 Å². The number of ether oxygens (including phenoxy) is 2. The molecule has 33 heavy (non-hydrogen) atoms. The van der Waals surface area contributed by atoms with Crippen molar-refractivity contribution in [3.8, 4) is 24.0 Å². The Kier molecular flexibility index (Phi) is 9.98. The van der Waals surface area contributed by atoms with E-state index >= 15 is 0 Å². The van der Waals surface area contributed by atoms with E-state index in [2.05, 4.69) is 66.7 Å². The second-order valence-corrected chi connectivity index (χ2v) is 8.10. The molecular formula is C25H27BrN4O3. The van der Waals surface area contributed by atoms with Crippen LogP contribution in [0, 0.1) is 12.3 Å². The van der Waals surface area contributed by atoms with Crippen molar-refractivity contribution in [2.45, 2.75) is 18.9 Å². The number of aromatic nitrogens is 2. The second kappa shape index (κ2) is 13.4. The quantitative estimate of drug-likeness (QED) is 0.237. The zero-order valence-electron chi connectivity index (χ0n) is 18.2. The maximum atomic E-state index is 10.1. The Morgan fingerprint density at radius 1 is 1.09 bits per heavy atom. The zero-order valence-corrected chi connectivity index (χ0v) is 19.8. The number of hydrogen-bond acceptors (Lipinski definition) is 7. The Hall–Kier alpha value is -3.12. The largest absolute Gasteiger partial charge is 0.491 e. The summed E-state index contributed by atoms with van der Waals surface area (Å²) in [4.78, 5) is 8.50. The number of benzene rings is 2. The first-order chi connectivity index (χ1) is 16.1. The van der Waals surface area contributed by atoms with Crippen molar-refractivity contribution in [1.29, 1.82) is 0 Å². The molecule has 0 bridgehead atoms. The van der Waals surface area contributed by atoms with Gasteiger partial charge in [-0.15, -0.1) is 6.42 Å². The number of aryl methyl sites for hydroxylation is 1. The van der Waals surface area contributed by atoms with E-state index in [0.29, 0.717) is 28.6 Å². The van der Waals surface area contributed by atoms with E-state index in [1.165, 1.54) is 5.56 Å². The lowest BCUT2D eigenvalue weighted by molar-refractivity contribution is 0.106. The molecule has 1 aromatic heterocycles. The van der Waals surface area contributed by atoms with Crippen LogP contribution in [0.4, 0.5) is 11.6 Å². The summed E-state index contributed by atoms with van der Waals surface area (Å²) in [6.07, 6.45) is 8.27. The molecule has 1 heterocycles. The average Bonchev–Trinajstić information content (AvgIpc) is 2.84. The molecule has 0 aliphatic rings. The minimum absolute atomic E-state index is 0.121. The molecule has 1 unspecified atom stereocenters. The van der Waals surface area contributed by atoms with Gasteiger partial charge in [-0.1, -0.05) is 36.3 Å². The van der Waals surface area contributed by atoms with Crippen LogP contribution >= 0.6 is 15.9 Å². The van der Waals surface area contributed by atoms with E-state index in [1.807, 2.05) is 30.3 Å². The third kappa shape index (κ3) is 8.73. The fourth-order valence-electron chi connectivity index (χ4n) is 2.97. The van der Waals surface area contributed by atoms with Crippen molar-refractivity contribution in [1.82, 2.24) is 15.3 Å². The highest BCUT2D eigenvalue weighted by Crippen LogP contribution is 2.24. The normalized spacial score (nSPS) is 11.4. The molecule has 2 aromatic carbocycles. The van der Waals surface area contributed by atoms with Gasteiger partial charge in [-0.05, 0) is 65.1 Å². The van der Waals surface area contributed by atoms with Gasteiger partial charge in [0.2, 0.25) is 11.8 Å². The standard InChI is InChI=1S/C25H27BrN4O3/c1-2-15-32-24-23(26)17-28-25(30-24)29-20-10-12-22(13-11-20)33-18-21(31)16-27-14-6-9-19-7-4-3-5-8-19/h1,3-5,7-8,10-13,17,21,27,31H,6,9,14-16,18H2,(H,28,29,30). The van der Waals surface area contributed by atoms with E-state index < -0.39 is 6.10 Å². The Morgan fingerprint density at radius 2 is 1.88 bits per heavy atom. The molecule has 0 spiro atoms. The van der Waals surface area contributed by atoms with Gasteiger partial charge in [-0.25, -0.2) is 4.98 Å². The molecule has 172 valence electrons. The number of nitrogens with one attached hydrogen (secondary N) is 2. The molecule has 3 N–H and O–H groups in total. The molecule has 8 heteroatoms. The number of anilines is 2. The number of hydrogen-bond donors (Lipinski definition) is 3. The topological polar surface area (TPSA) is 88.5 Å². The molecule has 0 amide bonds. The fourth-order valence-corrected chi connectivity index (χ4v) is 3.27. The van der Waals surface area contributed by atoms with Gasteiger partial charge in [0, 0.05) is 12.2 Å². The summed E-state index contributed by atoms with van der Waals surface area (Å²) < 4.78 is 11.7. The molecular weight excluding hydrogens is 484 g/mol. The fraction of sp³-hybridized carbons (Fsp3) is 0.280. The van der Waals surface area contributed by atoms with Crippen LogP contribution in [0.5, 0.6) is 11.6 Å². The molecule has 0 saturated carbocycles. The third-order valence-electron chi connectivity index (χ3n) is 4.60. The van der Waals surface area contributed by atoms with Gasteiger partial charge in [0.25, 0.3) is 0 Å². The number of terminal acetylenes is 1. The van der Waals surface area contributed by atoms with Crippen LogP contribution in [-0.4, -0.2) is 47.5 Å². The summed E-state index contributed by atoms with van der Waals surface area (Å²) in [5, 5.41) is 16.5. The summed E-state index contributed by atoms with van der Waals surface area (Å²) in [5.74, 6) is 3.82. The summed E-state index contributed by atoms with van der Waals surface area (Å²) in [7, 11) is 0. The van der Waals surface area contributed by atoms with Crippen LogP contribution in [0.1, 0.15) is 12.0 Å². The van der Waals surface area contributed by atoms with E-state index in [-0.39, 0.29) is 13.2 Å². The van der Waals surface area contributed by atoms with Crippen LogP contribution in [0.25, 0.3) is 0 Å². The Bertz CT molecular complexity index is 1030. The summed E-state index contributed by atoms with van der Waals surface area (Å²) in [5.41, 5.74) is 2.11. The van der Waals surface area contributed by atoms with Gasteiger partial charge in [0.1, 0.15) is 18.5 Å². The molecule has 1 atom stereocenters. The number of nitrogens with zero attached hydrogens (tertiary/aromatic N) is 2. The first-order valence-electron chi connectivity index (χ1n) is 10.7. The third-order valence-corrected chi connectivity index (χ3v) is 5.14. The molecule has 0 saturated heterocycles. The predicted octanol–water partition coefficient (Wildman–Crippen LogP) is 3.96. The lowest BCUT2D eigenvalue weighted by atomic mass is 10.1. The lowest BCUT2D eigenvalue weighted by Gasteiger charge is -2.14. The van der Waals surface area contributed by atoms with Crippen molar-refractivity contribution >= 4 is 27.6 Å². The van der Waals surface area contributed by atoms with E-state index in [9.17, 15) is 5.11 Å². The van der Waals surface area contributed by atoms with Gasteiger partial charge in [-0.2, -0.15) is 4.98 Å². The zero-order chi connectivity index (χ0) is 23.3. The first kappa shape index (κ1) is 24.5. The summed E-state index contributed by atoms with van der Waals surface area (Å²) in [6, 6.07) is 17.7. The maximum Gasteiger partial charge on any atom is 0.233 e. The molecule has 0 aliphatic heterocycles. The molecule has 3 aromatic rings. The smallest absolute Gasteiger partial charge is 0.233 e. The van der Waals surface area contributed by atoms with Crippen molar-refractivity contribution in [3.05, 3.63) is 70.8 Å². The number of rotatable bonds is 13. The molecule has 0 aliphatic carbocycles. The van der Waals surface area contributed by atoms with E-state index in [4.69, 9.17) is 15.9 Å². The van der Waals surface area contributed by atoms with Gasteiger partial charge >= 0.3 is 0 Å². The highest BCUT2D eigenvalue weighted by Gasteiger charge is 2.08. The molecule has 3 rings (SSSR count). The second-order valence-electron chi connectivity index (χ2n) is 7.25. The van der Waals surface area contributed by atoms with E-state index in [1.54, 1.807) is 6.20 Å². The molecule has 0 fully saturated rings. The minimum atomic E-state index is -0.586. The maximum absolute atomic E-state index is 10.1. The van der Waals surface area contributed by atoms with Crippen LogP contribution < -0.4 is 20.1 Å². The van der Waals surface area contributed by atoms with E-state index in [0.717, 1.165) is 25.1 Å². The Balaban J connectivity index is 1.36. The van der Waals surface area contributed by atoms with Gasteiger partial charge in [-0.3, -0.25) is 0 Å². The van der Waals surface area contributed by atoms with Crippen LogP contribution in [-0.2, 0) is 6.42 Å². The lowest BCUT2D eigenvalue weighted by Crippen LogP contribution is -2.32. The number of aliphatic hydroxyl groups excluding tert-OH is 1. The van der Waals surface area contributed by atoms with Crippen molar-refractivity contribution in [2.24, 2.45) is 0 Å². The van der Waals surface area contributed by atoms with Crippen molar-refractivity contribution < 1.29 is 14.6 Å². The predicted molar refractivity (Wildman–Crippen MR) is 133 cm³/mol. The van der Waals surface area contributed by atoms with Gasteiger partial charge in [0.15, 0.2) is 6.61 Å². The number of aliphatic hydroxyl groups is 1. The average molecular weight is 511 g/mol. The van der Waals surface area contributed by atoms with Crippen molar-refractivity contribution in [2.75, 3.05) is 31.6 Å². The Morgan fingerprint density at radius 3 is 2.64 bits per heavy atom. The SMILES string of the molecule is C#CCOc1nc(Nc2ccc(OCC(O)CNCCCc3ccccc3)cc2)ncc1Br. The monoisotopic (exact) mass is 510 g/mol. The summed E-state index contributed by atoms with van der Waals surface area (Å²) in [6.45, 7) is 1.67. The molecule has 0 radical (unpaired) electrons. The Labute approximate surface area is 202 Å². The highest BCUT2D eigenvalue weighted by molar-refractivity contribution is 9.10. The van der Waals surface area contributed by atoms with Crippen LogP contribution in [0.3, 0.4) is 0 Å². The van der Waals surface area contributed by atoms with Gasteiger partial charge in [0.05, 0.1) is 10.7 Å². The van der Waals surface area contributed by atoms with Gasteiger partial charge < -0.3 is 25.2 Å². The number of halogens is 1. The highest BCUT2D eigenvalue weighted by atomic mass is 79.9. The minimum Gasteiger partial charge on any atom is -0.491 e. The first-order valence-corrected chi connectivity index (χ1v) is 11.4. The van der Waals surface area contributed by atoms with Crippen LogP contribution in [0.2, 0.25) is 0 Å². The van der Waals surface area contributed by atoms with Crippen molar-refractivity contribution in [3.63, 3.8) is 0 Å². The molecule has 7 nitrogen and oxygen atoms in total. The summed E-state index contributed by atoms with van der Waals surface area (Å²) >= 11 is 3.33.